The first kappa shape index (κ1) is 14.4. The summed E-state index contributed by atoms with van der Waals surface area (Å²) in [5.41, 5.74) is 6.37. The van der Waals surface area contributed by atoms with Gasteiger partial charge in [-0.3, -0.25) is 4.90 Å². The van der Waals surface area contributed by atoms with E-state index in [1.165, 1.54) is 0 Å². The van der Waals surface area contributed by atoms with Crippen LogP contribution in [0.5, 0.6) is 0 Å². The molecule has 0 radical (unpaired) electrons. The molecule has 0 unspecified atom stereocenters. The van der Waals surface area contributed by atoms with E-state index >= 15 is 0 Å². The molecule has 2 N–H and O–H groups in total. The van der Waals surface area contributed by atoms with Crippen molar-refractivity contribution in [1.82, 2.24) is 9.88 Å². The molecule has 0 spiro atoms. The van der Waals surface area contributed by atoms with Gasteiger partial charge in [0.25, 0.3) is 0 Å². The Hall–Kier alpha value is -1.51. The van der Waals surface area contributed by atoms with Crippen molar-refractivity contribution in [3.8, 4) is 6.07 Å². The van der Waals surface area contributed by atoms with E-state index in [4.69, 9.17) is 17.3 Å². The molecule has 1 aliphatic heterocycles. The Bertz CT molecular complexity index is 578. The Morgan fingerprint density at radius 3 is 2.86 bits per heavy atom. The number of hydrogen-bond donors (Lipinski definition) is 1. The first-order valence-electron chi connectivity index (χ1n) is 7.34. The first-order valence-corrected chi connectivity index (χ1v) is 7.72. The molecule has 6 heteroatoms. The smallest absolute Gasteiger partial charge is 0.130 e. The number of nitrogen functional groups attached to an aromatic ring is 1. The lowest BCUT2D eigenvalue weighted by Gasteiger charge is -2.41. The van der Waals surface area contributed by atoms with Crippen LogP contribution in [0.4, 0.5) is 11.5 Å². The lowest BCUT2D eigenvalue weighted by molar-refractivity contribution is 0.204. The molecule has 2 aliphatic rings. The van der Waals surface area contributed by atoms with Gasteiger partial charge in [0.05, 0.1) is 22.2 Å². The number of hydrogen-bond acceptors (Lipinski definition) is 5. The molecule has 112 valence electrons. The van der Waals surface area contributed by atoms with Crippen molar-refractivity contribution in [2.75, 3.05) is 36.8 Å². The first-order chi connectivity index (χ1) is 10.0. The molecule has 1 saturated carbocycles. The molecule has 1 atom stereocenters. The van der Waals surface area contributed by atoms with Gasteiger partial charge in [0.2, 0.25) is 0 Å². The monoisotopic (exact) mass is 305 g/mol. The molecule has 0 amide bonds. The molecule has 2 fully saturated rings. The topological polar surface area (TPSA) is 69.2 Å². The van der Waals surface area contributed by atoms with Gasteiger partial charge in [0, 0.05) is 44.5 Å². The predicted octanol–water partition coefficient (Wildman–Crippen LogP) is 2.13. The summed E-state index contributed by atoms with van der Waals surface area (Å²) in [7, 11) is 0. The maximum Gasteiger partial charge on any atom is 0.130 e. The highest BCUT2D eigenvalue weighted by Gasteiger charge is 2.45. The van der Waals surface area contributed by atoms with E-state index in [-0.39, 0.29) is 5.41 Å². The van der Waals surface area contributed by atoms with Crippen LogP contribution in [0.3, 0.4) is 0 Å². The van der Waals surface area contributed by atoms with E-state index in [0.717, 1.165) is 44.8 Å². The van der Waals surface area contributed by atoms with E-state index in [0.29, 0.717) is 16.8 Å². The third kappa shape index (κ3) is 2.92. The number of piperazine rings is 1. The lowest BCUT2D eigenvalue weighted by Crippen LogP contribution is -2.53. The van der Waals surface area contributed by atoms with Gasteiger partial charge in [-0.05, 0) is 19.8 Å². The largest absolute Gasteiger partial charge is 0.397 e. The second kappa shape index (κ2) is 5.36. The average molecular weight is 306 g/mol. The van der Waals surface area contributed by atoms with Crippen LogP contribution in [0.2, 0.25) is 5.02 Å². The summed E-state index contributed by atoms with van der Waals surface area (Å²) in [4.78, 5) is 9.04. The highest BCUT2D eigenvalue weighted by Crippen LogP contribution is 2.45. The quantitative estimate of drug-likeness (QED) is 0.926. The minimum Gasteiger partial charge on any atom is -0.397 e. The molecule has 1 aliphatic carbocycles. The molecule has 1 aromatic heterocycles. The maximum atomic E-state index is 9.22. The van der Waals surface area contributed by atoms with Crippen molar-refractivity contribution in [3.05, 3.63) is 17.3 Å². The average Bonchev–Trinajstić information content (AvgIpc) is 3.23. The third-order valence-electron chi connectivity index (χ3n) is 4.49. The normalized spacial score (nSPS) is 24.6. The number of rotatable bonds is 3. The second-order valence-electron chi connectivity index (χ2n) is 6.23. The van der Waals surface area contributed by atoms with Crippen molar-refractivity contribution in [1.29, 1.82) is 5.26 Å². The summed E-state index contributed by atoms with van der Waals surface area (Å²) in [6.45, 7) is 5.89. The number of nitrogens with zero attached hydrogens (tertiary/aromatic N) is 4. The van der Waals surface area contributed by atoms with Crippen LogP contribution in [0, 0.1) is 16.7 Å². The Balaban J connectivity index is 1.65. The minimum atomic E-state index is -0.0646. The Labute approximate surface area is 130 Å². The minimum absolute atomic E-state index is 0.0646. The summed E-state index contributed by atoms with van der Waals surface area (Å²) in [6.07, 6.45) is 3.71. The zero-order valence-corrected chi connectivity index (χ0v) is 13.0. The van der Waals surface area contributed by atoms with Gasteiger partial charge in [-0.1, -0.05) is 11.6 Å². The number of halogens is 1. The number of nitriles is 1. The zero-order chi connectivity index (χ0) is 15.0. The summed E-state index contributed by atoms with van der Waals surface area (Å²) >= 11 is 5.93. The molecule has 1 saturated heterocycles. The van der Waals surface area contributed by atoms with Crippen molar-refractivity contribution in [2.24, 2.45) is 5.41 Å². The van der Waals surface area contributed by atoms with Crippen molar-refractivity contribution >= 4 is 23.1 Å². The molecule has 1 aromatic rings. The van der Waals surface area contributed by atoms with Gasteiger partial charge in [-0.15, -0.1) is 0 Å². The second-order valence-corrected chi connectivity index (χ2v) is 6.64. The summed E-state index contributed by atoms with van der Waals surface area (Å²) < 4.78 is 0. The van der Waals surface area contributed by atoms with Gasteiger partial charge in [-0.25, -0.2) is 4.98 Å². The summed E-state index contributed by atoms with van der Waals surface area (Å²) in [5, 5.41) is 9.71. The van der Waals surface area contributed by atoms with E-state index in [2.05, 4.69) is 27.8 Å². The number of pyridine rings is 1. The van der Waals surface area contributed by atoms with E-state index in [1.807, 2.05) is 6.07 Å². The van der Waals surface area contributed by atoms with Crippen LogP contribution in [0.1, 0.15) is 19.8 Å². The fourth-order valence-corrected chi connectivity index (χ4v) is 3.10. The van der Waals surface area contributed by atoms with Crippen LogP contribution in [-0.4, -0.2) is 42.1 Å². The predicted molar refractivity (Wildman–Crippen MR) is 84.2 cm³/mol. The van der Waals surface area contributed by atoms with Crippen molar-refractivity contribution in [3.63, 3.8) is 0 Å². The lowest BCUT2D eigenvalue weighted by atomic mass is 10.1. The Kier molecular flexibility index (Phi) is 3.68. The van der Waals surface area contributed by atoms with Crippen LogP contribution in [-0.2, 0) is 0 Å². The number of nitrogens with two attached hydrogens (primary N) is 1. The van der Waals surface area contributed by atoms with Crippen molar-refractivity contribution in [2.45, 2.75) is 25.8 Å². The van der Waals surface area contributed by atoms with Crippen LogP contribution < -0.4 is 10.6 Å². The zero-order valence-electron chi connectivity index (χ0n) is 12.2. The maximum absolute atomic E-state index is 9.22. The molecular weight excluding hydrogens is 286 g/mol. The molecule has 0 aromatic carbocycles. The molecule has 2 heterocycles. The summed E-state index contributed by atoms with van der Waals surface area (Å²) in [5.74, 6) is 0.880. The van der Waals surface area contributed by atoms with E-state index in [9.17, 15) is 5.26 Å². The van der Waals surface area contributed by atoms with Gasteiger partial charge < -0.3 is 10.6 Å². The molecular formula is C15H20ClN5. The molecule has 0 bridgehead atoms. The van der Waals surface area contributed by atoms with Gasteiger partial charge >= 0.3 is 0 Å². The van der Waals surface area contributed by atoms with Crippen molar-refractivity contribution < 1.29 is 0 Å². The number of anilines is 2. The molecule has 21 heavy (non-hydrogen) atoms. The van der Waals surface area contributed by atoms with Crippen LogP contribution in [0.15, 0.2) is 12.3 Å². The standard InChI is InChI=1S/C15H20ClN5/c1-11-8-20(10-15(9-17)2-3-15)4-5-21(11)14-6-13(18)12(16)7-19-14/h6-7,11H,2-5,8,10H2,1H3,(H2,18,19)/t11-/m0/s1. The SMILES string of the molecule is C[C@H]1CN(CC2(C#N)CC2)CCN1c1cc(N)c(Cl)cn1. The van der Waals surface area contributed by atoms with Gasteiger partial charge in [0.15, 0.2) is 0 Å². The highest BCUT2D eigenvalue weighted by atomic mass is 35.5. The summed E-state index contributed by atoms with van der Waals surface area (Å²) in [6, 6.07) is 4.66. The fraction of sp³-hybridized carbons (Fsp3) is 0.600. The van der Waals surface area contributed by atoms with Crippen LogP contribution in [0.25, 0.3) is 0 Å². The van der Waals surface area contributed by atoms with Crippen LogP contribution >= 0.6 is 11.6 Å². The fourth-order valence-electron chi connectivity index (χ4n) is 3.00. The van der Waals surface area contributed by atoms with E-state index in [1.54, 1.807) is 6.20 Å². The van der Waals surface area contributed by atoms with Gasteiger partial charge in [-0.2, -0.15) is 5.26 Å². The molecule has 3 rings (SSSR count). The van der Waals surface area contributed by atoms with Gasteiger partial charge in [0.1, 0.15) is 5.82 Å². The van der Waals surface area contributed by atoms with E-state index < -0.39 is 0 Å². The third-order valence-corrected chi connectivity index (χ3v) is 4.81. The number of aromatic nitrogens is 1. The highest BCUT2D eigenvalue weighted by molar-refractivity contribution is 6.32. The molecule has 5 nitrogen and oxygen atoms in total. The Morgan fingerprint density at radius 1 is 1.52 bits per heavy atom. The Morgan fingerprint density at radius 2 is 2.29 bits per heavy atom.